The number of hydrogen-bond donors (Lipinski definition) is 0. The second-order valence-corrected chi connectivity index (χ2v) is 7.41. The number of morpholine rings is 1. The van der Waals surface area contributed by atoms with E-state index in [9.17, 15) is 4.79 Å². The normalized spacial score (nSPS) is 32.0. The molecular weight excluding hydrogens is 314 g/mol. The molecule has 0 spiro atoms. The standard InChI is InChI=1S/C16H23N3O3S/c20-16(18-6-8-21-9-7-18)14-2-1-12-13(22-14)3-5-19(12)11-15-17-4-10-23-15/h4,10,12-14H,1-3,5-9,11H2/t12-,13-,14-/m0/s1. The fraction of sp³-hybridized carbons (Fsp3) is 0.750. The summed E-state index contributed by atoms with van der Waals surface area (Å²) in [4.78, 5) is 21.4. The van der Waals surface area contributed by atoms with Gasteiger partial charge < -0.3 is 14.4 Å². The van der Waals surface area contributed by atoms with Crippen LogP contribution in [0.15, 0.2) is 11.6 Å². The zero-order valence-electron chi connectivity index (χ0n) is 13.2. The highest BCUT2D eigenvalue weighted by molar-refractivity contribution is 7.09. The number of fused-ring (bicyclic) bond motifs is 1. The van der Waals surface area contributed by atoms with Gasteiger partial charge in [0.1, 0.15) is 11.1 Å². The van der Waals surface area contributed by atoms with E-state index in [-0.39, 0.29) is 18.1 Å². The Morgan fingerprint density at radius 2 is 2.13 bits per heavy atom. The molecule has 0 aliphatic carbocycles. The number of likely N-dealkylation sites (tertiary alicyclic amines) is 1. The fourth-order valence-corrected chi connectivity index (χ4v) is 4.53. The number of rotatable bonds is 3. The predicted molar refractivity (Wildman–Crippen MR) is 86.2 cm³/mol. The van der Waals surface area contributed by atoms with Gasteiger partial charge in [0.25, 0.3) is 5.91 Å². The summed E-state index contributed by atoms with van der Waals surface area (Å²) in [6.45, 7) is 4.63. The minimum Gasteiger partial charge on any atom is -0.378 e. The van der Waals surface area contributed by atoms with Crippen LogP contribution in [-0.4, -0.2) is 71.8 Å². The van der Waals surface area contributed by atoms with Crippen LogP contribution in [0.5, 0.6) is 0 Å². The predicted octanol–water partition coefficient (Wildman–Crippen LogP) is 1.12. The van der Waals surface area contributed by atoms with Gasteiger partial charge in [0.15, 0.2) is 0 Å². The third-order valence-electron chi connectivity index (χ3n) is 5.08. The Balaban J connectivity index is 1.34. The lowest BCUT2D eigenvalue weighted by Crippen LogP contribution is -2.51. The van der Waals surface area contributed by atoms with Crippen molar-refractivity contribution in [3.05, 3.63) is 16.6 Å². The zero-order valence-corrected chi connectivity index (χ0v) is 14.0. The third kappa shape index (κ3) is 3.28. The topological polar surface area (TPSA) is 54.9 Å². The van der Waals surface area contributed by atoms with E-state index < -0.39 is 0 Å². The lowest BCUT2D eigenvalue weighted by molar-refractivity contribution is -0.158. The average molecular weight is 337 g/mol. The van der Waals surface area contributed by atoms with Gasteiger partial charge in [-0.25, -0.2) is 4.98 Å². The molecule has 0 radical (unpaired) electrons. The van der Waals surface area contributed by atoms with Crippen molar-refractivity contribution >= 4 is 17.2 Å². The van der Waals surface area contributed by atoms with E-state index in [2.05, 4.69) is 9.88 Å². The van der Waals surface area contributed by atoms with Crippen molar-refractivity contribution in [2.45, 2.75) is 44.1 Å². The van der Waals surface area contributed by atoms with Gasteiger partial charge in [-0.3, -0.25) is 9.69 Å². The Morgan fingerprint density at radius 3 is 2.91 bits per heavy atom. The second-order valence-electron chi connectivity index (χ2n) is 6.43. The van der Waals surface area contributed by atoms with Crippen LogP contribution in [0.2, 0.25) is 0 Å². The van der Waals surface area contributed by atoms with Gasteiger partial charge in [0.05, 0.1) is 25.9 Å². The second kappa shape index (κ2) is 6.84. The molecule has 0 unspecified atom stereocenters. The number of hydrogen-bond acceptors (Lipinski definition) is 6. The van der Waals surface area contributed by atoms with Gasteiger partial charge in [-0.2, -0.15) is 0 Å². The molecule has 23 heavy (non-hydrogen) atoms. The van der Waals surface area contributed by atoms with Crippen molar-refractivity contribution in [1.29, 1.82) is 0 Å². The summed E-state index contributed by atoms with van der Waals surface area (Å²) in [5, 5.41) is 3.19. The third-order valence-corrected chi connectivity index (χ3v) is 5.85. The Bertz CT molecular complexity index is 533. The molecule has 7 heteroatoms. The van der Waals surface area contributed by atoms with E-state index in [1.54, 1.807) is 11.3 Å². The first kappa shape index (κ1) is 15.5. The Kier molecular flexibility index (Phi) is 4.61. The minimum absolute atomic E-state index is 0.158. The van der Waals surface area contributed by atoms with Crippen LogP contribution >= 0.6 is 11.3 Å². The van der Waals surface area contributed by atoms with Crippen molar-refractivity contribution in [2.75, 3.05) is 32.8 Å². The van der Waals surface area contributed by atoms with Crippen LogP contribution in [0.1, 0.15) is 24.3 Å². The van der Waals surface area contributed by atoms with Gasteiger partial charge in [-0.05, 0) is 19.3 Å². The first-order chi connectivity index (χ1) is 11.3. The first-order valence-corrected chi connectivity index (χ1v) is 9.33. The molecule has 3 fully saturated rings. The van der Waals surface area contributed by atoms with E-state index >= 15 is 0 Å². The number of amides is 1. The molecule has 3 aliphatic rings. The molecule has 4 rings (SSSR count). The molecule has 4 heterocycles. The monoisotopic (exact) mass is 337 g/mol. The van der Waals surface area contributed by atoms with Crippen LogP contribution < -0.4 is 0 Å². The summed E-state index contributed by atoms with van der Waals surface area (Å²) in [5.41, 5.74) is 0. The smallest absolute Gasteiger partial charge is 0.251 e. The van der Waals surface area contributed by atoms with Gasteiger partial charge in [-0.1, -0.05) is 0 Å². The van der Waals surface area contributed by atoms with Crippen LogP contribution in [0.3, 0.4) is 0 Å². The molecule has 0 N–H and O–H groups in total. The first-order valence-electron chi connectivity index (χ1n) is 8.45. The number of ether oxygens (including phenoxy) is 2. The lowest BCUT2D eigenvalue weighted by Gasteiger charge is -2.37. The number of nitrogens with zero attached hydrogens (tertiary/aromatic N) is 3. The molecule has 3 atom stereocenters. The summed E-state index contributed by atoms with van der Waals surface area (Å²) in [6, 6.07) is 0.438. The molecule has 6 nitrogen and oxygen atoms in total. The summed E-state index contributed by atoms with van der Waals surface area (Å²) in [5.74, 6) is 0.158. The van der Waals surface area contributed by atoms with Crippen molar-refractivity contribution < 1.29 is 14.3 Å². The highest BCUT2D eigenvalue weighted by Crippen LogP contribution is 2.33. The Hall–Kier alpha value is -1.02. The molecule has 0 aromatic carbocycles. The van der Waals surface area contributed by atoms with Crippen molar-refractivity contribution in [1.82, 2.24) is 14.8 Å². The average Bonchev–Trinajstić information content (AvgIpc) is 3.25. The molecule has 1 amide bonds. The number of carbonyl (C=O) groups excluding carboxylic acids is 1. The van der Waals surface area contributed by atoms with Crippen molar-refractivity contribution in [3.8, 4) is 0 Å². The van der Waals surface area contributed by atoms with Crippen LogP contribution in [0, 0.1) is 0 Å². The molecule has 1 aromatic heterocycles. The summed E-state index contributed by atoms with van der Waals surface area (Å²) < 4.78 is 11.5. The van der Waals surface area contributed by atoms with Gasteiger partial charge >= 0.3 is 0 Å². The van der Waals surface area contributed by atoms with E-state index in [4.69, 9.17) is 9.47 Å². The lowest BCUT2D eigenvalue weighted by atomic mass is 9.98. The highest BCUT2D eigenvalue weighted by atomic mass is 32.1. The molecule has 3 aliphatic heterocycles. The maximum absolute atomic E-state index is 12.6. The largest absolute Gasteiger partial charge is 0.378 e. The van der Waals surface area contributed by atoms with Gasteiger partial charge in [0, 0.05) is 37.3 Å². The quantitative estimate of drug-likeness (QED) is 0.827. The van der Waals surface area contributed by atoms with E-state index in [0.717, 1.165) is 37.4 Å². The molecule has 0 saturated carbocycles. The number of carbonyl (C=O) groups is 1. The maximum Gasteiger partial charge on any atom is 0.251 e. The SMILES string of the molecule is O=C([C@@H]1CC[C@H]2[C@H](CCN2Cc2nccs2)O1)N1CCOCC1. The fourth-order valence-electron chi connectivity index (χ4n) is 3.88. The number of aromatic nitrogens is 1. The van der Waals surface area contributed by atoms with E-state index in [1.807, 2.05) is 16.5 Å². The molecule has 3 saturated heterocycles. The van der Waals surface area contributed by atoms with Gasteiger partial charge in [-0.15, -0.1) is 11.3 Å². The molecular formula is C16H23N3O3S. The molecule has 1 aromatic rings. The highest BCUT2D eigenvalue weighted by Gasteiger charge is 2.42. The minimum atomic E-state index is -0.255. The molecule has 0 bridgehead atoms. The van der Waals surface area contributed by atoms with Crippen molar-refractivity contribution in [2.24, 2.45) is 0 Å². The Morgan fingerprint density at radius 1 is 1.26 bits per heavy atom. The maximum atomic E-state index is 12.6. The summed E-state index contributed by atoms with van der Waals surface area (Å²) in [7, 11) is 0. The van der Waals surface area contributed by atoms with Crippen LogP contribution in [0.4, 0.5) is 0 Å². The van der Waals surface area contributed by atoms with Crippen LogP contribution in [-0.2, 0) is 20.8 Å². The summed E-state index contributed by atoms with van der Waals surface area (Å²) in [6.07, 6.45) is 4.68. The zero-order chi connectivity index (χ0) is 15.6. The van der Waals surface area contributed by atoms with Crippen LogP contribution in [0.25, 0.3) is 0 Å². The number of thiazole rings is 1. The van der Waals surface area contributed by atoms with Crippen molar-refractivity contribution in [3.63, 3.8) is 0 Å². The molecule has 126 valence electrons. The van der Waals surface area contributed by atoms with E-state index in [0.29, 0.717) is 32.3 Å². The van der Waals surface area contributed by atoms with Gasteiger partial charge in [0.2, 0.25) is 0 Å². The van der Waals surface area contributed by atoms with E-state index in [1.165, 1.54) is 0 Å². The Labute approximate surface area is 140 Å². The summed E-state index contributed by atoms with van der Waals surface area (Å²) >= 11 is 1.71.